The van der Waals surface area contributed by atoms with Gasteiger partial charge in [-0.05, 0) is 24.6 Å². The normalized spacial score (nSPS) is 11.9. The highest BCUT2D eigenvalue weighted by Gasteiger charge is 2.20. The average molecular weight is 351 g/mol. The zero-order valence-corrected chi connectivity index (χ0v) is 15.2. The molecule has 3 aromatic rings. The van der Waals surface area contributed by atoms with E-state index in [9.17, 15) is 4.79 Å². The van der Waals surface area contributed by atoms with Gasteiger partial charge in [-0.25, -0.2) is 4.98 Å². The third-order valence-corrected chi connectivity index (χ3v) is 4.96. The van der Waals surface area contributed by atoms with Crippen molar-refractivity contribution in [3.63, 3.8) is 0 Å². The molecule has 0 aliphatic heterocycles. The first-order valence-corrected chi connectivity index (χ1v) is 9.13. The maximum absolute atomic E-state index is 12.5. The molecule has 1 unspecified atom stereocenters. The quantitative estimate of drug-likeness (QED) is 0.689. The Balaban J connectivity index is 1.71. The highest BCUT2D eigenvalue weighted by atomic mass is 32.2. The highest BCUT2D eigenvalue weighted by Crippen LogP contribution is 2.22. The van der Waals surface area contributed by atoms with Gasteiger partial charge < -0.3 is 9.88 Å². The first-order valence-electron chi connectivity index (χ1n) is 8.14. The number of aryl methyl sites for hydroxylation is 2. The number of carbonyl (C=O) groups is 1. The van der Waals surface area contributed by atoms with Crippen LogP contribution in [0.3, 0.4) is 0 Å². The van der Waals surface area contributed by atoms with Crippen LogP contribution in [0.25, 0.3) is 0 Å². The fraction of sp³-hybridized carbons (Fsp3) is 0.200. The van der Waals surface area contributed by atoms with Crippen LogP contribution in [-0.2, 0) is 11.8 Å². The molecule has 3 rings (SSSR count). The number of imidazole rings is 1. The molecule has 0 saturated heterocycles. The van der Waals surface area contributed by atoms with Crippen molar-refractivity contribution in [2.45, 2.75) is 17.9 Å². The van der Waals surface area contributed by atoms with Crippen molar-refractivity contribution in [2.75, 3.05) is 5.75 Å². The second kappa shape index (κ2) is 8.03. The van der Waals surface area contributed by atoms with E-state index in [1.165, 1.54) is 17.3 Å². The molecule has 0 saturated carbocycles. The standard InChI is InChI=1S/C20H21N3OS/c1-15-8-10-17(11-9-15)25-14-18(24)22-19(16-6-4-3-5-7-16)20-21-12-13-23(20)2/h3-13,19H,14H2,1-2H3,(H,22,24). The molecule has 25 heavy (non-hydrogen) atoms. The monoisotopic (exact) mass is 351 g/mol. The van der Waals surface area contributed by atoms with E-state index in [4.69, 9.17) is 0 Å². The van der Waals surface area contributed by atoms with Gasteiger partial charge in [0, 0.05) is 24.3 Å². The summed E-state index contributed by atoms with van der Waals surface area (Å²) in [6.07, 6.45) is 3.64. The minimum Gasteiger partial charge on any atom is -0.341 e. The van der Waals surface area contributed by atoms with Gasteiger partial charge in [0.1, 0.15) is 11.9 Å². The number of nitrogens with zero attached hydrogens (tertiary/aromatic N) is 2. The fourth-order valence-electron chi connectivity index (χ4n) is 2.58. The Morgan fingerprint density at radius 2 is 1.88 bits per heavy atom. The van der Waals surface area contributed by atoms with Crippen LogP contribution in [0.2, 0.25) is 0 Å². The summed E-state index contributed by atoms with van der Waals surface area (Å²) in [4.78, 5) is 18.0. The van der Waals surface area contributed by atoms with Gasteiger partial charge in [0.25, 0.3) is 0 Å². The minimum atomic E-state index is -0.257. The lowest BCUT2D eigenvalue weighted by Crippen LogP contribution is -2.32. The zero-order valence-electron chi connectivity index (χ0n) is 14.3. The van der Waals surface area contributed by atoms with Gasteiger partial charge in [-0.2, -0.15) is 0 Å². The number of thioether (sulfide) groups is 1. The Hall–Kier alpha value is -2.53. The number of benzene rings is 2. The maximum Gasteiger partial charge on any atom is 0.231 e. The molecular formula is C20H21N3OS. The summed E-state index contributed by atoms with van der Waals surface area (Å²) in [7, 11) is 1.94. The molecule has 0 bridgehead atoms. The second-order valence-electron chi connectivity index (χ2n) is 5.91. The van der Waals surface area contributed by atoms with Crippen LogP contribution in [0, 0.1) is 6.92 Å². The first-order chi connectivity index (χ1) is 12.1. The predicted octanol–water partition coefficient (Wildman–Crippen LogP) is 3.73. The Kier molecular flexibility index (Phi) is 5.56. The number of hydrogen-bond donors (Lipinski definition) is 1. The van der Waals surface area contributed by atoms with Gasteiger partial charge in [-0.15, -0.1) is 11.8 Å². The number of rotatable bonds is 6. The van der Waals surface area contributed by atoms with Crippen molar-refractivity contribution >= 4 is 17.7 Å². The van der Waals surface area contributed by atoms with Crippen LogP contribution in [0.5, 0.6) is 0 Å². The van der Waals surface area contributed by atoms with Crippen molar-refractivity contribution in [1.29, 1.82) is 0 Å². The van der Waals surface area contributed by atoms with Gasteiger partial charge in [0.2, 0.25) is 5.91 Å². The fourth-order valence-corrected chi connectivity index (χ4v) is 3.29. The van der Waals surface area contributed by atoms with Gasteiger partial charge in [0.05, 0.1) is 5.75 Å². The molecule has 0 aliphatic rings. The van der Waals surface area contributed by atoms with Gasteiger partial charge in [0.15, 0.2) is 0 Å². The van der Waals surface area contributed by atoms with Crippen LogP contribution in [0.4, 0.5) is 0 Å². The maximum atomic E-state index is 12.5. The third-order valence-electron chi connectivity index (χ3n) is 3.95. The predicted molar refractivity (Wildman–Crippen MR) is 102 cm³/mol. The van der Waals surface area contributed by atoms with E-state index in [0.29, 0.717) is 5.75 Å². The summed E-state index contributed by atoms with van der Waals surface area (Å²) in [6, 6.07) is 17.9. The van der Waals surface area contributed by atoms with E-state index in [0.717, 1.165) is 16.3 Å². The molecule has 1 heterocycles. The van der Waals surface area contributed by atoms with Crippen molar-refractivity contribution in [3.8, 4) is 0 Å². The molecule has 2 aromatic carbocycles. The number of amides is 1. The van der Waals surface area contributed by atoms with E-state index >= 15 is 0 Å². The lowest BCUT2D eigenvalue weighted by molar-refractivity contribution is -0.119. The Labute approximate surface area is 152 Å². The molecule has 128 valence electrons. The topological polar surface area (TPSA) is 46.9 Å². The number of aromatic nitrogens is 2. The Morgan fingerprint density at radius 3 is 2.52 bits per heavy atom. The molecule has 0 radical (unpaired) electrons. The Morgan fingerprint density at radius 1 is 1.16 bits per heavy atom. The summed E-state index contributed by atoms with van der Waals surface area (Å²) in [6.45, 7) is 2.05. The van der Waals surface area contributed by atoms with Gasteiger partial charge in [-0.3, -0.25) is 4.79 Å². The summed E-state index contributed by atoms with van der Waals surface area (Å²) in [5.41, 5.74) is 2.23. The zero-order chi connectivity index (χ0) is 17.6. The molecular weight excluding hydrogens is 330 g/mol. The minimum absolute atomic E-state index is 0.0116. The van der Waals surface area contributed by atoms with Crippen LogP contribution in [0.15, 0.2) is 71.9 Å². The highest BCUT2D eigenvalue weighted by molar-refractivity contribution is 8.00. The number of carbonyl (C=O) groups excluding carboxylic acids is 1. The molecule has 1 amide bonds. The number of nitrogens with one attached hydrogen (secondary N) is 1. The van der Waals surface area contributed by atoms with Gasteiger partial charge in [-0.1, -0.05) is 48.0 Å². The van der Waals surface area contributed by atoms with Crippen LogP contribution in [0.1, 0.15) is 23.0 Å². The van der Waals surface area contributed by atoms with Crippen molar-refractivity contribution in [3.05, 3.63) is 83.9 Å². The molecule has 0 spiro atoms. The molecule has 1 atom stereocenters. The van der Waals surface area contributed by atoms with Crippen molar-refractivity contribution in [1.82, 2.24) is 14.9 Å². The van der Waals surface area contributed by atoms with Gasteiger partial charge >= 0.3 is 0 Å². The average Bonchev–Trinajstić information content (AvgIpc) is 3.06. The molecule has 4 nitrogen and oxygen atoms in total. The molecule has 0 aliphatic carbocycles. The summed E-state index contributed by atoms with van der Waals surface area (Å²) >= 11 is 1.54. The first kappa shape index (κ1) is 17.3. The lowest BCUT2D eigenvalue weighted by atomic mass is 10.1. The molecule has 5 heteroatoms. The number of hydrogen-bond acceptors (Lipinski definition) is 3. The molecule has 0 fully saturated rings. The smallest absolute Gasteiger partial charge is 0.231 e. The lowest BCUT2D eigenvalue weighted by Gasteiger charge is -2.19. The van der Waals surface area contributed by atoms with E-state index in [2.05, 4.69) is 29.4 Å². The van der Waals surface area contributed by atoms with Crippen molar-refractivity contribution < 1.29 is 4.79 Å². The summed E-state index contributed by atoms with van der Waals surface area (Å²) in [5.74, 6) is 1.18. The SMILES string of the molecule is Cc1ccc(SCC(=O)NC(c2ccccc2)c2nccn2C)cc1. The van der Waals surface area contributed by atoms with Crippen LogP contribution >= 0.6 is 11.8 Å². The third kappa shape index (κ3) is 4.51. The van der Waals surface area contributed by atoms with Crippen molar-refractivity contribution in [2.24, 2.45) is 7.05 Å². The van der Waals surface area contributed by atoms with E-state index in [1.807, 2.05) is 60.3 Å². The summed E-state index contributed by atoms with van der Waals surface area (Å²) in [5, 5.41) is 3.12. The second-order valence-corrected chi connectivity index (χ2v) is 6.96. The van der Waals surface area contributed by atoms with Crippen LogP contribution in [-0.4, -0.2) is 21.2 Å². The summed E-state index contributed by atoms with van der Waals surface area (Å²) < 4.78 is 1.94. The van der Waals surface area contributed by atoms with E-state index < -0.39 is 0 Å². The largest absolute Gasteiger partial charge is 0.341 e. The Bertz CT molecular complexity index is 828. The molecule has 1 N–H and O–H groups in total. The van der Waals surface area contributed by atoms with Crippen LogP contribution < -0.4 is 5.32 Å². The van der Waals surface area contributed by atoms with E-state index in [-0.39, 0.29) is 11.9 Å². The van der Waals surface area contributed by atoms with E-state index in [1.54, 1.807) is 6.20 Å². The molecule has 1 aromatic heterocycles.